The van der Waals surface area contributed by atoms with E-state index in [2.05, 4.69) is 10.1 Å². The van der Waals surface area contributed by atoms with Gasteiger partial charge in [-0.3, -0.25) is 4.68 Å². The lowest BCUT2D eigenvalue weighted by molar-refractivity contribution is 0.461. The van der Waals surface area contributed by atoms with E-state index in [1.54, 1.807) is 23.3 Å². The minimum Gasteiger partial charge on any atom is -0.436 e. The number of aromatic nitrogens is 3. The number of aryl methyl sites for hydroxylation is 1. The Hall–Kier alpha value is -1.88. The fraction of sp³-hybridized carbons (Fsp3) is 0.333. The van der Waals surface area contributed by atoms with E-state index in [-0.39, 0.29) is 6.04 Å². The molecule has 2 aromatic heterocycles. The molecule has 2 aromatic rings. The quantitative estimate of drug-likeness (QED) is 0.867. The first-order valence-electron chi connectivity index (χ1n) is 5.50. The summed E-state index contributed by atoms with van der Waals surface area (Å²) in [4.78, 5) is 4.22. The van der Waals surface area contributed by atoms with E-state index >= 15 is 0 Å². The first-order valence-corrected chi connectivity index (χ1v) is 5.50. The summed E-state index contributed by atoms with van der Waals surface area (Å²) in [6.45, 7) is 1.97. The number of pyridine rings is 1. The van der Waals surface area contributed by atoms with Crippen molar-refractivity contribution in [3.05, 3.63) is 36.3 Å². The van der Waals surface area contributed by atoms with Gasteiger partial charge in [0.1, 0.15) is 0 Å². The van der Waals surface area contributed by atoms with Crippen molar-refractivity contribution in [1.82, 2.24) is 14.8 Å². The molecule has 0 aliphatic rings. The fourth-order valence-corrected chi connectivity index (χ4v) is 1.54. The number of ether oxygens (including phenoxy) is 1. The molecule has 2 N–H and O–H groups in total. The molecule has 5 nitrogen and oxygen atoms in total. The van der Waals surface area contributed by atoms with Gasteiger partial charge in [-0.1, -0.05) is 6.07 Å². The summed E-state index contributed by atoms with van der Waals surface area (Å²) in [7, 11) is 1.84. The predicted molar refractivity (Wildman–Crippen MR) is 64.9 cm³/mol. The molecule has 2 rings (SSSR count). The Kier molecular flexibility index (Phi) is 3.39. The van der Waals surface area contributed by atoms with Crippen LogP contribution in [0.2, 0.25) is 0 Å². The number of hydrogen-bond acceptors (Lipinski definition) is 4. The van der Waals surface area contributed by atoms with E-state index in [9.17, 15) is 0 Å². The second-order valence-corrected chi connectivity index (χ2v) is 4.14. The Labute approximate surface area is 100 Å². The zero-order valence-corrected chi connectivity index (χ0v) is 10.00. The van der Waals surface area contributed by atoms with E-state index in [1.807, 2.05) is 26.1 Å². The van der Waals surface area contributed by atoms with Gasteiger partial charge in [0.15, 0.2) is 5.75 Å². The Bertz CT molecular complexity index is 476. The van der Waals surface area contributed by atoms with Gasteiger partial charge in [0.05, 0.1) is 12.4 Å². The van der Waals surface area contributed by atoms with Crippen molar-refractivity contribution in [3.8, 4) is 11.6 Å². The average Bonchev–Trinajstić information content (AvgIpc) is 2.66. The Morgan fingerprint density at radius 1 is 1.41 bits per heavy atom. The smallest absolute Gasteiger partial charge is 0.219 e. The Morgan fingerprint density at radius 2 is 2.24 bits per heavy atom. The van der Waals surface area contributed by atoms with Crippen LogP contribution in [-0.2, 0) is 13.5 Å². The second-order valence-electron chi connectivity index (χ2n) is 4.14. The molecule has 0 aliphatic carbocycles. The predicted octanol–water partition coefficient (Wildman–Crippen LogP) is 1.50. The highest BCUT2D eigenvalue weighted by Gasteiger charge is 2.02. The average molecular weight is 232 g/mol. The van der Waals surface area contributed by atoms with Gasteiger partial charge in [-0.15, -0.1) is 0 Å². The van der Waals surface area contributed by atoms with Gasteiger partial charge in [0, 0.05) is 25.4 Å². The standard InChI is InChI=1S/C12H16N4O/c1-9(13)5-10-3-4-12(14-6-10)17-11-7-15-16(2)8-11/h3-4,6-9H,5,13H2,1-2H3. The first kappa shape index (κ1) is 11.6. The summed E-state index contributed by atoms with van der Waals surface area (Å²) < 4.78 is 7.21. The zero-order valence-electron chi connectivity index (χ0n) is 10.00. The molecule has 0 saturated carbocycles. The monoisotopic (exact) mass is 232 g/mol. The summed E-state index contributed by atoms with van der Waals surface area (Å²) in [5.41, 5.74) is 6.83. The maximum Gasteiger partial charge on any atom is 0.219 e. The topological polar surface area (TPSA) is 66.0 Å². The molecule has 0 aliphatic heterocycles. The number of rotatable bonds is 4. The van der Waals surface area contributed by atoms with Crippen LogP contribution in [-0.4, -0.2) is 20.8 Å². The van der Waals surface area contributed by atoms with Crippen molar-refractivity contribution in [1.29, 1.82) is 0 Å². The molecule has 0 saturated heterocycles. The van der Waals surface area contributed by atoms with Crippen molar-refractivity contribution in [2.24, 2.45) is 12.8 Å². The van der Waals surface area contributed by atoms with Crippen LogP contribution in [0.4, 0.5) is 0 Å². The fourth-order valence-electron chi connectivity index (χ4n) is 1.54. The summed E-state index contributed by atoms with van der Waals surface area (Å²) in [6, 6.07) is 3.95. The van der Waals surface area contributed by atoms with E-state index in [4.69, 9.17) is 10.5 Å². The van der Waals surface area contributed by atoms with Crippen molar-refractivity contribution in [2.75, 3.05) is 0 Å². The Morgan fingerprint density at radius 3 is 2.76 bits per heavy atom. The third-order valence-electron chi connectivity index (χ3n) is 2.26. The van der Waals surface area contributed by atoms with E-state index < -0.39 is 0 Å². The van der Waals surface area contributed by atoms with Crippen molar-refractivity contribution < 1.29 is 4.74 Å². The summed E-state index contributed by atoms with van der Waals surface area (Å²) in [5.74, 6) is 1.24. The Balaban J connectivity index is 2.03. The number of hydrogen-bond donors (Lipinski definition) is 1. The summed E-state index contributed by atoms with van der Waals surface area (Å²) in [6.07, 6.45) is 6.05. The molecular formula is C12H16N4O. The lowest BCUT2D eigenvalue weighted by atomic mass is 10.1. The molecule has 2 heterocycles. The molecule has 90 valence electrons. The van der Waals surface area contributed by atoms with E-state index in [1.165, 1.54) is 0 Å². The van der Waals surface area contributed by atoms with Crippen LogP contribution < -0.4 is 10.5 Å². The minimum atomic E-state index is 0.141. The van der Waals surface area contributed by atoms with Gasteiger partial charge in [0.25, 0.3) is 0 Å². The highest BCUT2D eigenvalue weighted by atomic mass is 16.5. The van der Waals surface area contributed by atoms with Crippen LogP contribution in [0.3, 0.4) is 0 Å². The molecule has 5 heteroatoms. The molecule has 0 spiro atoms. The first-order chi connectivity index (χ1) is 8.13. The van der Waals surface area contributed by atoms with Crippen LogP contribution in [0.1, 0.15) is 12.5 Å². The molecule has 0 radical (unpaired) electrons. The van der Waals surface area contributed by atoms with Crippen LogP contribution in [0, 0.1) is 0 Å². The SMILES string of the molecule is CC(N)Cc1ccc(Oc2cnn(C)c2)nc1. The van der Waals surface area contributed by atoms with Gasteiger partial charge in [-0.25, -0.2) is 4.98 Å². The molecule has 0 bridgehead atoms. The van der Waals surface area contributed by atoms with Crippen LogP contribution in [0.5, 0.6) is 11.6 Å². The minimum absolute atomic E-state index is 0.141. The number of nitrogens with two attached hydrogens (primary N) is 1. The lowest BCUT2D eigenvalue weighted by Gasteiger charge is -2.05. The number of nitrogens with zero attached hydrogens (tertiary/aromatic N) is 3. The third-order valence-corrected chi connectivity index (χ3v) is 2.26. The van der Waals surface area contributed by atoms with Gasteiger partial charge in [-0.2, -0.15) is 5.10 Å². The highest BCUT2D eigenvalue weighted by molar-refractivity contribution is 5.24. The second kappa shape index (κ2) is 4.97. The van der Waals surface area contributed by atoms with Crippen LogP contribution in [0.25, 0.3) is 0 Å². The molecule has 0 amide bonds. The van der Waals surface area contributed by atoms with Crippen LogP contribution >= 0.6 is 0 Å². The molecule has 0 aromatic carbocycles. The van der Waals surface area contributed by atoms with E-state index in [0.717, 1.165) is 12.0 Å². The molecule has 0 fully saturated rings. The summed E-state index contributed by atoms with van der Waals surface area (Å²) >= 11 is 0. The molecule has 17 heavy (non-hydrogen) atoms. The van der Waals surface area contributed by atoms with Crippen molar-refractivity contribution >= 4 is 0 Å². The highest BCUT2D eigenvalue weighted by Crippen LogP contribution is 2.18. The normalized spacial score (nSPS) is 12.4. The third kappa shape index (κ3) is 3.29. The lowest BCUT2D eigenvalue weighted by Crippen LogP contribution is -2.17. The largest absolute Gasteiger partial charge is 0.436 e. The molecular weight excluding hydrogens is 216 g/mol. The maximum absolute atomic E-state index is 5.72. The van der Waals surface area contributed by atoms with Crippen molar-refractivity contribution in [2.45, 2.75) is 19.4 Å². The van der Waals surface area contributed by atoms with Gasteiger partial charge in [0.2, 0.25) is 5.88 Å². The van der Waals surface area contributed by atoms with Gasteiger partial charge < -0.3 is 10.5 Å². The summed E-state index contributed by atoms with van der Waals surface area (Å²) in [5, 5.41) is 4.02. The van der Waals surface area contributed by atoms with E-state index in [0.29, 0.717) is 11.6 Å². The van der Waals surface area contributed by atoms with Crippen LogP contribution in [0.15, 0.2) is 30.7 Å². The van der Waals surface area contributed by atoms with Gasteiger partial charge in [-0.05, 0) is 18.9 Å². The zero-order chi connectivity index (χ0) is 12.3. The molecule has 1 unspecified atom stereocenters. The maximum atomic E-state index is 5.72. The van der Waals surface area contributed by atoms with Gasteiger partial charge >= 0.3 is 0 Å². The molecule has 1 atom stereocenters. The van der Waals surface area contributed by atoms with Crippen molar-refractivity contribution in [3.63, 3.8) is 0 Å².